The number of benzene rings is 1. The maximum atomic E-state index is 13.1. The highest BCUT2D eigenvalue weighted by molar-refractivity contribution is 5.78. The van der Waals surface area contributed by atoms with E-state index in [1.54, 1.807) is 17.0 Å². The van der Waals surface area contributed by atoms with Crippen LogP contribution >= 0.6 is 0 Å². The molecule has 0 atom stereocenters. The second kappa shape index (κ2) is 8.01. The smallest absolute Gasteiger partial charge is 0.416 e. The molecular weight excluding hydrogens is 395 g/mol. The SMILES string of the molecule is Cn1nc(CN(Cc2ccco2)C(=O)Cc2cccc(C(F)(F)F)c2)c2c1CCC2. The van der Waals surface area contributed by atoms with E-state index in [0.29, 0.717) is 17.9 Å². The van der Waals surface area contributed by atoms with Crippen molar-refractivity contribution >= 4 is 5.91 Å². The summed E-state index contributed by atoms with van der Waals surface area (Å²) in [6, 6.07) is 8.41. The van der Waals surface area contributed by atoms with Gasteiger partial charge in [-0.05, 0) is 48.6 Å². The zero-order valence-corrected chi connectivity index (χ0v) is 16.6. The molecule has 0 unspecified atom stereocenters. The molecule has 1 aromatic carbocycles. The standard InChI is InChI=1S/C22H22F3N3O2/c1-27-20-9-3-8-18(20)19(26-27)14-28(13-17-7-4-10-30-17)21(29)12-15-5-2-6-16(11-15)22(23,24)25/h2,4-7,10-11H,3,8-9,12-14H2,1H3. The summed E-state index contributed by atoms with van der Waals surface area (Å²) in [6.07, 6.45) is -0.0845. The first kappa shape index (κ1) is 20.3. The number of carbonyl (C=O) groups excluding carboxylic acids is 1. The van der Waals surface area contributed by atoms with Crippen LogP contribution in [0.2, 0.25) is 0 Å². The van der Waals surface area contributed by atoms with Crippen LogP contribution in [0.4, 0.5) is 13.2 Å². The molecule has 2 aromatic heterocycles. The Kier molecular flexibility index (Phi) is 5.40. The first-order chi connectivity index (χ1) is 14.3. The topological polar surface area (TPSA) is 51.3 Å². The van der Waals surface area contributed by atoms with Crippen molar-refractivity contribution in [2.45, 2.75) is 44.9 Å². The number of hydrogen-bond acceptors (Lipinski definition) is 3. The van der Waals surface area contributed by atoms with Crippen LogP contribution in [0, 0.1) is 0 Å². The number of halogens is 3. The lowest BCUT2D eigenvalue weighted by Gasteiger charge is -2.22. The predicted octanol–water partition coefficient (Wildman–Crippen LogP) is 4.29. The highest BCUT2D eigenvalue weighted by Gasteiger charge is 2.31. The third kappa shape index (κ3) is 4.27. The molecule has 1 aliphatic carbocycles. The Hall–Kier alpha value is -3.03. The Morgan fingerprint density at radius 3 is 2.77 bits per heavy atom. The number of rotatable bonds is 6. The minimum absolute atomic E-state index is 0.125. The molecule has 0 spiro atoms. The van der Waals surface area contributed by atoms with Crippen LogP contribution < -0.4 is 0 Å². The van der Waals surface area contributed by atoms with Gasteiger partial charge in [-0.3, -0.25) is 9.48 Å². The summed E-state index contributed by atoms with van der Waals surface area (Å²) in [5.74, 6) is 0.336. The zero-order valence-electron chi connectivity index (χ0n) is 16.6. The predicted molar refractivity (Wildman–Crippen MR) is 103 cm³/mol. The van der Waals surface area contributed by atoms with Crippen LogP contribution in [0.15, 0.2) is 47.1 Å². The second-order valence-electron chi connectivity index (χ2n) is 7.55. The van der Waals surface area contributed by atoms with Crippen LogP contribution in [-0.4, -0.2) is 20.6 Å². The molecule has 0 bridgehead atoms. The normalized spacial score (nSPS) is 13.5. The molecule has 3 aromatic rings. The van der Waals surface area contributed by atoms with Crippen molar-refractivity contribution in [3.63, 3.8) is 0 Å². The summed E-state index contributed by atoms with van der Waals surface area (Å²) >= 11 is 0. The van der Waals surface area contributed by atoms with Gasteiger partial charge in [-0.15, -0.1) is 0 Å². The van der Waals surface area contributed by atoms with Crippen molar-refractivity contribution in [1.82, 2.24) is 14.7 Å². The Morgan fingerprint density at radius 2 is 2.03 bits per heavy atom. The fraction of sp³-hybridized carbons (Fsp3) is 0.364. The second-order valence-corrected chi connectivity index (χ2v) is 7.55. The van der Waals surface area contributed by atoms with Crippen molar-refractivity contribution in [3.05, 3.63) is 76.5 Å². The number of carbonyl (C=O) groups is 1. The lowest BCUT2D eigenvalue weighted by molar-refractivity contribution is -0.138. The summed E-state index contributed by atoms with van der Waals surface area (Å²) in [4.78, 5) is 14.7. The molecule has 8 heteroatoms. The Balaban J connectivity index is 1.57. The summed E-state index contributed by atoms with van der Waals surface area (Å²) in [6.45, 7) is 0.526. The third-order valence-corrected chi connectivity index (χ3v) is 5.43. The van der Waals surface area contributed by atoms with E-state index in [4.69, 9.17) is 4.42 Å². The average molecular weight is 417 g/mol. The molecule has 2 heterocycles. The number of fused-ring (bicyclic) bond motifs is 1. The third-order valence-electron chi connectivity index (χ3n) is 5.43. The van der Waals surface area contributed by atoms with Gasteiger partial charge < -0.3 is 9.32 Å². The van der Waals surface area contributed by atoms with E-state index in [2.05, 4.69) is 5.10 Å². The molecule has 1 aliphatic rings. The van der Waals surface area contributed by atoms with Gasteiger partial charge in [-0.1, -0.05) is 18.2 Å². The zero-order chi connectivity index (χ0) is 21.3. The quantitative estimate of drug-likeness (QED) is 0.601. The van der Waals surface area contributed by atoms with Crippen LogP contribution in [0.1, 0.15) is 40.3 Å². The van der Waals surface area contributed by atoms with E-state index in [1.807, 2.05) is 11.7 Å². The van der Waals surface area contributed by atoms with Gasteiger partial charge in [0.15, 0.2) is 0 Å². The van der Waals surface area contributed by atoms with E-state index in [9.17, 15) is 18.0 Å². The number of furan rings is 1. The molecule has 1 amide bonds. The van der Waals surface area contributed by atoms with Crippen molar-refractivity contribution in [3.8, 4) is 0 Å². The van der Waals surface area contributed by atoms with Gasteiger partial charge >= 0.3 is 6.18 Å². The van der Waals surface area contributed by atoms with Gasteiger partial charge in [0.05, 0.1) is 37.0 Å². The lowest BCUT2D eigenvalue weighted by atomic mass is 10.1. The van der Waals surface area contributed by atoms with E-state index in [-0.39, 0.29) is 18.9 Å². The van der Waals surface area contributed by atoms with Crippen LogP contribution in [0.25, 0.3) is 0 Å². The number of alkyl halides is 3. The fourth-order valence-electron chi connectivity index (χ4n) is 3.97. The molecule has 30 heavy (non-hydrogen) atoms. The molecule has 0 fully saturated rings. The number of amides is 1. The largest absolute Gasteiger partial charge is 0.467 e. The van der Waals surface area contributed by atoms with E-state index in [1.165, 1.54) is 29.7 Å². The number of aryl methyl sites for hydroxylation is 1. The molecule has 0 saturated carbocycles. The van der Waals surface area contributed by atoms with Gasteiger partial charge in [0, 0.05) is 12.7 Å². The molecular formula is C22H22F3N3O2. The lowest BCUT2D eigenvalue weighted by Crippen LogP contribution is -2.32. The van der Waals surface area contributed by atoms with Gasteiger partial charge in [-0.2, -0.15) is 18.3 Å². The maximum absolute atomic E-state index is 13.1. The van der Waals surface area contributed by atoms with Gasteiger partial charge in [0.1, 0.15) is 5.76 Å². The molecule has 0 N–H and O–H groups in total. The first-order valence-corrected chi connectivity index (χ1v) is 9.81. The summed E-state index contributed by atoms with van der Waals surface area (Å²) in [5, 5.41) is 4.58. The molecule has 0 saturated heterocycles. The van der Waals surface area contributed by atoms with Crippen molar-refractivity contribution in [1.29, 1.82) is 0 Å². The Labute approximate surface area is 172 Å². The highest BCUT2D eigenvalue weighted by atomic mass is 19.4. The summed E-state index contributed by atoms with van der Waals surface area (Å²) < 4.78 is 46.3. The first-order valence-electron chi connectivity index (χ1n) is 9.81. The van der Waals surface area contributed by atoms with Crippen molar-refractivity contribution in [2.75, 3.05) is 0 Å². The minimum Gasteiger partial charge on any atom is -0.467 e. The molecule has 5 nitrogen and oxygen atoms in total. The molecule has 0 radical (unpaired) electrons. The summed E-state index contributed by atoms with van der Waals surface area (Å²) in [7, 11) is 1.90. The Morgan fingerprint density at radius 1 is 1.20 bits per heavy atom. The monoisotopic (exact) mass is 417 g/mol. The van der Waals surface area contributed by atoms with E-state index >= 15 is 0 Å². The van der Waals surface area contributed by atoms with Crippen molar-refractivity contribution < 1.29 is 22.4 Å². The van der Waals surface area contributed by atoms with Crippen LogP contribution in [-0.2, 0) is 50.4 Å². The fourth-order valence-corrected chi connectivity index (χ4v) is 3.97. The Bertz CT molecular complexity index is 1040. The van der Waals surface area contributed by atoms with Crippen LogP contribution in [0.5, 0.6) is 0 Å². The number of aromatic nitrogens is 2. The number of hydrogen-bond donors (Lipinski definition) is 0. The van der Waals surface area contributed by atoms with E-state index in [0.717, 1.165) is 37.1 Å². The van der Waals surface area contributed by atoms with Gasteiger partial charge in [-0.25, -0.2) is 0 Å². The average Bonchev–Trinajstić information content (AvgIpc) is 3.42. The van der Waals surface area contributed by atoms with Gasteiger partial charge in [0.2, 0.25) is 5.91 Å². The maximum Gasteiger partial charge on any atom is 0.416 e. The molecule has 158 valence electrons. The number of nitrogens with zero attached hydrogens (tertiary/aromatic N) is 3. The summed E-state index contributed by atoms with van der Waals surface area (Å²) in [5.41, 5.74) is 2.77. The van der Waals surface area contributed by atoms with Crippen molar-refractivity contribution in [2.24, 2.45) is 7.05 Å². The van der Waals surface area contributed by atoms with Crippen LogP contribution in [0.3, 0.4) is 0 Å². The molecule has 0 aliphatic heterocycles. The van der Waals surface area contributed by atoms with Gasteiger partial charge in [0.25, 0.3) is 0 Å². The van der Waals surface area contributed by atoms with E-state index < -0.39 is 11.7 Å². The minimum atomic E-state index is -4.44. The highest BCUT2D eigenvalue weighted by Crippen LogP contribution is 2.30. The molecule has 4 rings (SSSR count).